The summed E-state index contributed by atoms with van der Waals surface area (Å²) in [6, 6.07) is 1.11. The van der Waals surface area contributed by atoms with Crippen LogP contribution < -0.4 is 10.6 Å². The predicted octanol–water partition coefficient (Wildman–Crippen LogP) is 0.812. The highest BCUT2D eigenvalue weighted by Gasteiger charge is 2.25. The van der Waals surface area contributed by atoms with E-state index >= 15 is 0 Å². The largest absolute Gasteiger partial charge is 0.481 e. The fraction of sp³-hybridized carbons (Fsp3) is 0.417. The van der Waals surface area contributed by atoms with Gasteiger partial charge in [0.05, 0.1) is 24.2 Å². The normalized spacial score (nSPS) is 21.3. The molecule has 0 saturated carbocycles. The molecule has 0 aliphatic heterocycles. The van der Waals surface area contributed by atoms with Gasteiger partial charge in [0, 0.05) is 6.07 Å². The van der Waals surface area contributed by atoms with Gasteiger partial charge in [-0.3, -0.25) is 4.79 Å². The monoisotopic (exact) mass is 265 g/mol. The number of aryl methyl sites for hydroxylation is 1. The van der Waals surface area contributed by atoms with E-state index in [1.54, 1.807) is 25.1 Å². The molecule has 3 N–H and O–H groups in total. The highest BCUT2D eigenvalue weighted by Crippen LogP contribution is 2.17. The van der Waals surface area contributed by atoms with Crippen molar-refractivity contribution < 1.29 is 19.2 Å². The van der Waals surface area contributed by atoms with Gasteiger partial charge in [-0.1, -0.05) is 17.3 Å². The summed E-state index contributed by atoms with van der Waals surface area (Å²) in [5.41, 5.74) is 0.750. The van der Waals surface area contributed by atoms with Crippen LogP contribution in [0.3, 0.4) is 0 Å². The quantitative estimate of drug-likeness (QED) is 0.699. The summed E-state index contributed by atoms with van der Waals surface area (Å²) in [7, 11) is 0. The summed E-state index contributed by atoms with van der Waals surface area (Å²) in [4.78, 5) is 22.3. The van der Waals surface area contributed by atoms with E-state index in [1.807, 2.05) is 0 Å². The van der Waals surface area contributed by atoms with Gasteiger partial charge in [0.1, 0.15) is 0 Å². The van der Waals surface area contributed by atoms with Gasteiger partial charge in [0.25, 0.3) is 0 Å². The Morgan fingerprint density at radius 3 is 2.89 bits per heavy atom. The Morgan fingerprint density at radius 1 is 1.53 bits per heavy atom. The van der Waals surface area contributed by atoms with E-state index in [4.69, 9.17) is 9.63 Å². The van der Waals surface area contributed by atoms with E-state index in [0.717, 1.165) is 5.69 Å². The van der Waals surface area contributed by atoms with Gasteiger partial charge in [0.15, 0.2) is 5.76 Å². The van der Waals surface area contributed by atoms with Gasteiger partial charge in [0.2, 0.25) is 0 Å². The fourth-order valence-electron chi connectivity index (χ4n) is 1.88. The number of rotatable bonds is 4. The lowest BCUT2D eigenvalue weighted by molar-refractivity contribution is -0.140. The third-order valence-electron chi connectivity index (χ3n) is 2.82. The highest BCUT2D eigenvalue weighted by atomic mass is 16.5. The average Bonchev–Trinajstić information content (AvgIpc) is 2.96. The molecule has 102 valence electrons. The Morgan fingerprint density at radius 2 is 2.32 bits per heavy atom. The second kappa shape index (κ2) is 5.55. The maximum atomic E-state index is 11.6. The van der Waals surface area contributed by atoms with Crippen LogP contribution in [0.15, 0.2) is 22.7 Å². The molecule has 0 spiro atoms. The van der Waals surface area contributed by atoms with E-state index < -0.39 is 11.9 Å². The molecule has 2 unspecified atom stereocenters. The molecular weight excluding hydrogens is 250 g/mol. The summed E-state index contributed by atoms with van der Waals surface area (Å²) >= 11 is 0. The summed E-state index contributed by atoms with van der Waals surface area (Å²) in [5.74, 6) is -0.835. The molecule has 0 fully saturated rings. The number of hydrogen-bond donors (Lipinski definition) is 3. The number of amides is 2. The second-order valence-corrected chi connectivity index (χ2v) is 4.43. The van der Waals surface area contributed by atoms with Gasteiger partial charge < -0.3 is 20.3 Å². The zero-order valence-electron chi connectivity index (χ0n) is 10.4. The molecule has 1 aromatic rings. The van der Waals surface area contributed by atoms with Gasteiger partial charge in [-0.05, 0) is 13.3 Å². The van der Waals surface area contributed by atoms with Crippen LogP contribution >= 0.6 is 0 Å². The minimum atomic E-state index is -0.877. The minimum absolute atomic E-state index is 0.242. The van der Waals surface area contributed by atoms with Crippen molar-refractivity contribution in [2.75, 3.05) is 0 Å². The molecule has 1 aromatic heterocycles. The maximum absolute atomic E-state index is 11.6. The lowest BCUT2D eigenvalue weighted by atomic mass is 10.1. The third-order valence-corrected chi connectivity index (χ3v) is 2.82. The zero-order chi connectivity index (χ0) is 13.8. The van der Waals surface area contributed by atoms with Gasteiger partial charge in [-0.2, -0.15) is 0 Å². The number of carbonyl (C=O) groups excluding carboxylic acids is 1. The van der Waals surface area contributed by atoms with Crippen molar-refractivity contribution in [2.24, 2.45) is 5.92 Å². The molecule has 1 aliphatic carbocycles. The molecule has 2 atom stereocenters. The number of hydrogen-bond acceptors (Lipinski definition) is 4. The number of urea groups is 1. The van der Waals surface area contributed by atoms with Gasteiger partial charge in [-0.25, -0.2) is 4.79 Å². The van der Waals surface area contributed by atoms with Crippen LogP contribution in [-0.4, -0.2) is 28.3 Å². The van der Waals surface area contributed by atoms with E-state index in [0.29, 0.717) is 12.2 Å². The number of aromatic nitrogens is 1. The first-order valence-corrected chi connectivity index (χ1v) is 5.92. The van der Waals surface area contributed by atoms with Crippen LogP contribution in [-0.2, 0) is 11.3 Å². The van der Waals surface area contributed by atoms with Crippen LogP contribution in [0.2, 0.25) is 0 Å². The number of carboxylic acids is 1. The van der Waals surface area contributed by atoms with Crippen molar-refractivity contribution in [3.63, 3.8) is 0 Å². The van der Waals surface area contributed by atoms with Crippen molar-refractivity contribution in [3.8, 4) is 0 Å². The van der Waals surface area contributed by atoms with Crippen molar-refractivity contribution in [2.45, 2.75) is 25.9 Å². The summed E-state index contributed by atoms with van der Waals surface area (Å²) in [5, 5.41) is 17.8. The number of carboxylic acid groups (broad SMARTS) is 1. The van der Waals surface area contributed by atoms with Gasteiger partial charge in [-0.15, -0.1) is 0 Å². The van der Waals surface area contributed by atoms with Crippen LogP contribution in [0.25, 0.3) is 0 Å². The molecule has 0 bridgehead atoms. The smallest absolute Gasteiger partial charge is 0.315 e. The Bertz CT molecular complexity index is 509. The first-order chi connectivity index (χ1) is 9.04. The molecule has 2 amide bonds. The Balaban J connectivity index is 1.74. The van der Waals surface area contributed by atoms with E-state index in [2.05, 4.69) is 15.8 Å². The second-order valence-electron chi connectivity index (χ2n) is 4.43. The zero-order valence-corrected chi connectivity index (χ0v) is 10.4. The minimum Gasteiger partial charge on any atom is -0.481 e. The lowest BCUT2D eigenvalue weighted by Crippen LogP contribution is -2.40. The SMILES string of the molecule is Cc1cc(CNC(=O)NC2C=CC(C(=O)O)C2)on1. The molecule has 7 nitrogen and oxygen atoms in total. The van der Waals surface area contributed by atoms with E-state index in [9.17, 15) is 9.59 Å². The number of nitrogens with one attached hydrogen (secondary N) is 2. The van der Waals surface area contributed by atoms with Crippen LogP contribution in [0.1, 0.15) is 17.9 Å². The summed E-state index contributed by atoms with van der Waals surface area (Å²) in [6.45, 7) is 2.04. The summed E-state index contributed by atoms with van der Waals surface area (Å²) in [6.07, 6.45) is 3.66. The lowest BCUT2D eigenvalue weighted by Gasteiger charge is -2.12. The molecule has 2 rings (SSSR count). The van der Waals surface area contributed by atoms with Crippen LogP contribution in [0.5, 0.6) is 0 Å². The molecule has 19 heavy (non-hydrogen) atoms. The Labute approximate surface area is 109 Å². The predicted molar refractivity (Wildman–Crippen MR) is 65.3 cm³/mol. The van der Waals surface area contributed by atoms with Crippen LogP contribution in [0, 0.1) is 12.8 Å². The highest BCUT2D eigenvalue weighted by molar-refractivity contribution is 5.76. The molecule has 1 aliphatic rings. The Kier molecular flexibility index (Phi) is 3.84. The first kappa shape index (κ1) is 13.1. The number of aliphatic carboxylic acids is 1. The first-order valence-electron chi connectivity index (χ1n) is 5.92. The average molecular weight is 265 g/mol. The van der Waals surface area contributed by atoms with Crippen molar-refractivity contribution in [1.29, 1.82) is 0 Å². The molecule has 7 heteroatoms. The molecule has 0 aromatic carbocycles. The van der Waals surface area contributed by atoms with Crippen molar-refractivity contribution >= 4 is 12.0 Å². The van der Waals surface area contributed by atoms with E-state index in [1.165, 1.54) is 0 Å². The van der Waals surface area contributed by atoms with Crippen molar-refractivity contribution in [3.05, 3.63) is 29.7 Å². The molecule has 0 radical (unpaired) electrons. The third kappa shape index (κ3) is 3.57. The molecule has 0 saturated heterocycles. The maximum Gasteiger partial charge on any atom is 0.315 e. The van der Waals surface area contributed by atoms with Gasteiger partial charge >= 0.3 is 12.0 Å². The topological polar surface area (TPSA) is 104 Å². The molecular formula is C12H15N3O4. The van der Waals surface area contributed by atoms with E-state index in [-0.39, 0.29) is 18.6 Å². The Hall–Kier alpha value is -2.31. The van der Waals surface area contributed by atoms with Crippen molar-refractivity contribution in [1.82, 2.24) is 15.8 Å². The van der Waals surface area contributed by atoms with Crippen LogP contribution in [0.4, 0.5) is 4.79 Å². The summed E-state index contributed by atoms with van der Waals surface area (Å²) < 4.78 is 4.95. The fourth-order valence-corrected chi connectivity index (χ4v) is 1.88. The number of carbonyl (C=O) groups is 2. The molecule has 1 heterocycles. The number of nitrogens with zero attached hydrogens (tertiary/aromatic N) is 1. The standard InChI is InChI=1S/C12H15N3O4/c1-7-4-10(19-15-7)6-13-12(18)14-9-3-2-8(5-9)11(16)17/h2-4,8-9H,5-6H2,1H3,(H,16,17)(H2,13,14,18).